The maximum atomic E-state index is 12.2. The third kappa shape index (κ3) is 10.1. The van der Waals surface area contributed by atoms with Gasteiger partial charge < -0.3 is 15.4 Å². The molecule has 0 aliphatic carbocycles. The smallest absolute Gasteiger partial charge is 0.311 e. The van der Waals surface area contributed by atoms with E-state index in [9.17, 15) is 13.2 Å². The molecule has 186 valence electrons. The van der Waals surface area contributed by atoms with Gasteiger partial charge in [0.1, 0.15) is 0 Å². The van der Waals surface area contributed by atoms with E-state index >= 15 is 0 Å². The van der Waals surface area contributed by atoms with Gasteiger partial charge in [-0.25, -0.2) is 8.42 Å². The van der Waals surface area contributed by atoms with Crippen molar-refractivity contribution in [2.24, 2.45) is 11.3 Å². The molecule has 0 radical (unpaired) electrons. The molecule has 0 aliphatic rings. The molecular formula is C25H35N3O4S2. The summed E-state index contributed by atoms with van der Waals surface area (Å²) in [6, 6.07) is 17.1. The number of hydrogen-bond acceptors (Lipinski definition) is 5. The quantitative estimate of drug-likeness (QED) is 0.331. The van der Waals surface area contributed by atoms with E-state index in [0.29, 0.717) is 24.0 Å². The largest absolute Gasteiger partial charge is 0.465 e. The Hall–Kier alpha value is -2.65. The zero-order valence-corrected chi connectivity index (χ0v) is 22.1. The van der Waals surface area contributed by atoms with Crippen LogP contribution in [0.3, 0.4) is 0 Å². The minimum Gasteiger partial charge on any atom is -0.465 e. The SMILES string of the molecule is CC(NC(=S)NC[C@@H](COC(=O)C(C)(C)C)Cc1ccccc1)c1ccc(NS(C)(=O)=O)cc1. The second kappa shape index (κ2) is 12.2. The van der Waals surface area contributed by atoms with Gasteiger partial charge in [0.2, 0.25) is 10.0 Å². The monoisotopic (exact) mass is 505 g/mol. The van der Waals surface area contributed by atoms with Crippen LogP contribution in [0.2, 0.25) is 0 Å². The van der Waals surface area contributed by atoms with E-state index in [-0.39, 0.29) is 17.9 Å². The fraction of sp³-hybridized carbons (Fsp3) is 0.440. The number of hydrogen-bond donors (Lipinski definition) is 3. The number of esters is 1. The van der Waals surface area contributed by atoms with Gasteiger partial charge in [-0.1, -0.05) is 42.5 Å². The number of sulfonamides is 1. The summed E-state index contributed by atoms with van der Waals surface area (Å²) < 4.78 is 30.8. The molecule has 2 rings (SSSR count). The number of ether oxygens (including phenoxy) is 1. The number of carbonyl (C=O) groups is 1. The topological polar surface area (TPSA) is 96.5 Å². The summed E-state index contributed by atoms with van der Waals surface area (Å²) in [6.45, 7) is 8.32. The van der Waals surface area contributed by atoms with E-state index in [1.165, 1.54) is 0 Å². The number of rotatable bonds is 10. The minimum absolute atomic E-state index is 0.0464. The first-order valence-corrected chi connectivity index (χ1v) is 13.5. The van der Waals surface area contributed by atoms with Crippen LogP contribution >= 0.6 is 12.2 Å². The molecule has 0 spiro atoms. The number of anilines is 1. The van der Waals surface area contributed by atoms with Crippen LogP contribution in [0.25, 0.3) is 0 Å². The maximum absolute atomic E-state index is 12.2. The predicted octanol–water partition coefficient (Wildman–Crippen LogP) is 4.03. The molecule has 2 atom stereocenters. The summed E-state index contributed by atoms with van der Waals surface area (Å²) in [7, 11) is -3.31. The van der Waals surface area contributed by atoms with Gasteiger partial charge >= 0.3 is 5.97 Å². The molecule has 0 heterocycles. The molecule has 7 nitrogen and oxygen atoms in total. The van der Waals surface area contributed by atoms with Gasteiger partial charge in [-0.05, 0) is 69.6 Å². The number of nitrogens with one attached hydrogen (secondary N) is 3. The van der Waals surface area contributed by atoms with E-state index in [4.69, 9.17) is 17.0 Å². The fourth-order valence-corrected chi connectivity index (χ4v) is 3.99. The third-order valence-corrected chi connectivity index (χ3v) is 5.91. The van der Waals surface area contributed by atoms with Crippen molar-refractivity contribution in [2.75, 3.05) is 24.1 Å². The normalized spacial score (nSPS) is 13.4. The summed E-state index contributed by atoms with van der Waals surface area (Å²) >= 11 is 5.48. The molecule has 0 saturated heterocycles. The van der Waals surface area contributed by atoms with Crippen LogP contribution in [0.15, 0.2) is 54.6 Å². The van der Waals surface area contributed by atoms with Crippen LogP contribution < -0.4 is 15.4 Å². The molecule has 1 unspecified atom stereocenters. The molecule has 2 aromatic carbocycles. The zero-order valence-electron chi connectivity index (χ0n) is 20.4. The van der Waals surface area contributed by atoms with E-state index in [0.717, 1.165) is 23.8 Å². The summed E-state index contributed by atoms with van der Waals surface area (Å²) in [5.41, 5.74) is 2.08. The molecule has 0 bridgehead atoms. The second-order valence-corrected chi connectivity index (χ2v) is 11.6. The fourth-order valence-electron chi connectivity index (χ4n) is 3.17. The van der Waals surface area contributed by atoms with Crippen molar-refractivity contribution in [3.63, 3.8) is 0 Å². The lowest BCUT2D eigenvalue weighted by atomic mass is 9.97. The molecule has 2 aromatic rings. The van der Waals surface area contributed by atoms with Crippen LogP contribution in [0.5, 0.6) is 0 Å². The maximum Gasteiger partial charge on any atom is 0.311 e. The Morgan fingerprint density at radius 3 is 2.24 bits per heavy atom. The van der Waals surface area contributed by atoms with Gasteiger partial charge in [-0.2, -0.15) is 0 Å². The first-order chi connectivity index (χ1) is 15.8. The molecule has 9 heteroatoms. The molecular weight excluding hydrogens is 470 g/mol. The van der Waals surface area contributed by atoms with Gasteiger partial charge in [0, 0.05) is 18.2 Å². The van der Waals surface area contributed by atoms with Crippen LogP contribution in [-0.2, 0) is 26.0 Å². The van der Waals surface area contributed by atoms with Crippen LogP contribution in [0, 0.1) is 11.3 Å². The van der Waals surface area contributed by atoms with E-state index in [1.807, 2.05) is 58.0 Å². The minimum atomic E-state index is -3.31. The molecule has 0 fully saturated rings. The number of benzene rings is 2. The lowest BCUT2D eigenvalue weighted by molar-refractivity contribution is -0.154. The molecule has 0 aliphatic heterocycles. The summed E-state index contributed by atoms with van der Waals surface area (Å²) in [6.07, 6.45) is 1.86. The molecule has 3 N–H and O–H groups in total. The highest BCUT2D eigenvalue weighted by Gasteiger charge is 2.24. The van der Waals surface area contributed by atoms with E-state index < -0.39 is 15.4 Å². The van der Waals surface area contributed by atoms with Gasteiger partial charge in [0.05, 0.1) is 24.3 Å². The van der Waals surface area contributed by atoms with Crippen molar-refractivity contribution < 1.29 is 17.9 Å². The Balaban J connectivity index is 1.93. The average molecular weight is 506 g/mol. The highest BCUT2D eigenvalue weighted by molar-refractivity contribution is 7.92. The zero-order chi connectivity index (χ0) is 25.4. The molecule has 0 aromatic heterocycles. The Labute approximate surface area is 208 Å². The second-order valence-electron chi connectivity index (χ2n) is 9.48. The van der Waals surface area contributed by atoms with Crippen LogP contribution in [0.1, 0.15) is 44.9 Å². The Bertz CT molecular complexity index is 1050. The molecule has 0 saturated carbocycles. The van der Waals surface area contributed by atoms with Crippen LogP contribution in [0.4, 0.5) is 5.69 Å². The van der Waals surface area contributed by atoms with Crippen molar-refractivity contribution in [3.8, 4) is 0 Å². The number of thiocarbonyl (C=S) groups is 1. The molecule has 0 amide bonds. The van der Waals surface area contributed by atoms with E-state index in [2.05, 4.69) is 27.5 Å². The standard InChI is InChI=1S/C25H35N3O4S2/c1-18(21-11-13-22(14-12-21)28-34(5,30)31)27-24(33)26-16-20(15-19-9-7-6-8-10-19)17-32-23(29)25(2,3)4/h6-14,18,20,28H,15-17H2,1-5H3,(H2,26,27,33)/t18?,20-/m0/s1. The lowest BCUT2D eigenvalue weighted by Gasteiger charge is -2.23. The Kier molecular flexibility index (Phi) is 9.88. The third-order valence-electron chi connectivity index (χ3n) is 5.04. The van der Waals surface area contributed by atoms with Crippen molar-refractivity contribution in [1.29, 1.82) is 0 Å². The van der Waals surface area contributed by atoms with Crippen molar-refractivity contribution in [1.82, 2.24) is 10.6 Å². The Morgan fingerprint density at radius 2 is 1.68 bits per heavy atom. The summed E-state index contributed by atoms with van der Waals surface area (Å²) in [5.74, 6) is -0.182. The predicted molar refractivity (Wildman–Crippen MR) is 141 cm³/mol. The van der Waals surface area contributed by atoms with Gasteiger partial charge in [0.15, 0.2) is 5.11 Å². The highest BCUT2D eigenvalue weighted by Crippen LogP contribution is 2.18. The van der Waals surface area contributed by atoms with E-state index in [1.54, 1.807) is 12.1 Å². The first kappa shape index (κ1) is 27.6. The first-order valence-electron chi connectivity index (χ1n) is 11.2. The van der Waals surface area contributed by atoms with Crippen molar-refractivity contribution in [3.05, 3.63) is 65.7 Å². The Morgan fingerprint density at radius 1 is 1.06 bits per heavy atom. The highest BCUT2D eigenvalue weighted by atomic mass is 32.2. The summed E-state index contributed by atoms with van der Waals surface area (Å²) in [5, 5.41) is 6.98. The summed E-state index contributed by atoms with van der Waals surface area (Å²) in [4.78, 5) is 12.2. The van der Waals surface area contributed by atoms with Gasteiger partial charge in [0.25, 0.3) is 0 Å². The number of carbonyl (C=O) groups excluding carboxylic acids is 1. The van der Waals surface area contributed by atoms with Crippen molar-refractivity contribution in [2.45, 2.75) is 40.2 Å². The lowest BCUT2D eigenvalue weighted by Crippen LogP contribution is -2.40. The van der Waals surface area contributed by atoms with Gasteiger partial charge in [-0.15, -0.1) is 0 Å². The van der Waals surface area contributed by atoms with Crippen LogP contribution in [-0.4, -0.2) is 38.9 Å². The van der Waals surface area contributed by atoms with Gasteiger partial charge in [-0.3, -0.25) is 9.52 Å². The van der Waals surface area contributed by atoms with Crippen molar-refractivity contribution >= 4 is 39.0 Å². The molecule has 34 heavy (non-hydrogen) atoms. The average Bonchev–Trinajstić information content (AvgIpc) is 2.74.